The summed E-state index contributed by atoms with van der Waals surface area (Å²) in [6.45, 7) is 14.9. The van der Waals surface area contributed by atoms with Gasteiger partial charge in [-0.05, 0) is 121 Å². The average Bonchev–Trinajstić information content (AvgIpc) is 4.06. The Kier molecular flexibility index (Phi) is 19.3. The average molecular weight is 1030 g/mol. The van der Waals surface area contributed by atoms with Crippen LogP contribution in [0.3, 0.4) is 0 Å². The molecule has 2 aromatic heterocycles. The molecular weight excluding hydrogens is 954 g/mol. The van der Waals surface area contributed by atoms with Crippen LogP contribution >= 0.6 is 22.9 Å². The molecule has 5 heterocycles. The van der Waals surface area contributed by atoms with E-state index in [-0.39, 0.29) is 42.1 Å². The van der Waals surface area contributed by atoms with Gasteiger partial charge in [-0.1, -0.05) is 55.1 Å². The zero-order valence-corrected chi connectivity index (χ0v) is 44.3. The van der Waals surface area contributed by atoms with E-state index >= 15 is 0 Å². The molecule has 3 fully saturated rings. The highest BCUT2D eigenvalue weighted by Crippen LogP contribution is 2.40. The fourth-order valence-corrected chi connectivity index (χ4v) is 11.9. The molecule has 18 heteroatoms. The van der Waals surface area contributed by atoms with Crippen LogP contribution in [-0.2, 0) is 35.0 Å². The molecule has 72 heavy (non-hydrogen) atoms. The van der Waals surface area contributed by atoms with Gasteiger partial charge in [0.2, 0.25) is 17.7 Å². The number of hydrogen-bond donors (Lipinski definition) is 3. The van der Waals surface area contributed by atoms with Gasteiger partial charge in [-0.15, -0.1) is 21.5 Å². The number of benzene rings is 2. The van der Waals surface area contributed by atoms with Crippen LogP contribution in [-0.4, -0.2) is 152 Å². The van der Waals surface area contributed by atoms with Gasteiger partial charge in [0.05, 0.1) is 57.8 Å². The molecule has 0 bridgehead atoms. The number of amides is 3. The number of rotatable bonds is 24. The molecule has 2 saturated heterocycles. The monoisotopic (exact) mass is 1030 g/mol. The van der Waals surface area contributed by atoms with Gasteiger partial charge in [0.15, 0.2) is 5.82 Å². The first-order chi connectivity index (χ1) is 35.0. The molecule has 2 aromatic carbocycles. The number of carbonyl (C=O) groups is 3. The van der Waals surface area contributed by atoms with E-state index in [1.54, 1.807) is 18.4 Å². The van der Waals surface area contributed by atoms with Crippen LogP contribution in [0.25, 0.3) is 5.00 Å². The van der Waals surface area contributed by atoms with Gasteiger partial charge in [0, 0.05) is 53.2 Å². The van der Waals surface area contributed by atoms with Gasteiger partial charge in [0.1, 0.15) is 35.3 Å². The number of nitrogens with zero attached hydrogens (tertiary/aromatic N) is 6. The zero-order valence-electron chi connectivity index (χ0n) is 42.8. The molecule has 4 aliphatic rings. The van der Waals surface area contributed by atoms with Crippen molar-refractivity contribution in [1.82, 2.24) is 40.5 Å². The van der Waals surface area contributed by atoms with Crippen molar-refractivity contribution < 1.29 is 33.3 Å². The molecule has 5 atom stereocenters. The molecule has 3 amide bonds. The molecule has 1 aliphatic carbocycles. The number of likely N-dealkylation sites (tertiary alicyclic amines) is 2. The number of carbonyl (C=O) groups excluding carboxylic acids is 3. The maximum Gasteiger partial charge on any atom is 0.245 e. The Labute approximate surface area is 433 Å². The summed E-state index contributed by atoms with van der Waals surface area (Å²) in [5.74, 6) is 2.79. The molecule has 8 rings (SSSR count). The lowest BCUT2D eigenvalue weighted by Gasteiger charge is -2.41. The molecule has 16 nitrogen and oxygen atoms in total. The highest BCUT2D eigenvalue weighted by atomic mass is 35.5. The summed E-state index contributed by atoms with van der Waals surface area (Å²) in [6.07, 6.45) is 8.61. The molecule has 3 N–H and O–H groups in total. The summed E-state index contributed by atoms with van der Waals surface area (Å²) < 4.78 is 25.1. The number of hydrogen-bond acceptors (Lipinski definition) is 13. The first kappa shape index (κ1) is 53.5. The topological polar surface area (TPSA) is 174 Å². The largest absolute Gasteiger partial charge is 0.491 e. The van der Waals surface area contributed by atoms with E-state index in [1.165, 1.54) is 16.9 Å². The van der Waals surface area contributed by atoms with Gasteiger partial charge < -0.3 is 44.7 Å². The zero-order chi connectivity index (χ0) is 50.6. The number of piperidine rings is 1. The quantitative estimate of drug-likeness (QED) is 0.0648. The molecule has 4 aromatic rings. The van der Waals surface area contributed by atoms with E-state index < -0.39 is 12.1 Å². The number of aromatic nitrogens is 3. The van der Waals surface area contributed by atoms with Gasteiger partial charge in [-0.2, -0.15) is 0 Å². The summed E-state index contributed by atoms with van der Waals surface area (Å²) >= 11 is 7.92. The SMILES string of the molecule is CN[C@@H](C)C(=O)N[C@H](C(=O)N1CC[C@H]2CCN(CCc3ccc(OCCOCCOCCOCCNC(=O)C[C@@H]4N=C(c5ccc(Cl)cc5)c5c(sc(C)c5C)-n5c(C)nnc54)cc3)C[C@H]21)C1CCCCC1. The summed E-state index contributed by atoms with van der Waals surface area (Å²) in [5.41, 5.74) is 5.15. The number of nitrogens with one attached hydrogen (secondary N) is 3. The number of thiophene rings is 1. The molecule has 0 unspecified atom stereocenters. The molecule has 3 aliphatic heterocycles. The lowest BCUT2D eigenvalue weighted by atomic mass is 9.83. The number of fused-ring (bicyclic) bond motifs is 4. The van der Waals surface area contributed by atoms with Gasteiger partial charge in [0.25, 0.3) is 0 Å². The van der Waals surface area contributed by atoms with Crippen molar-refractivity contribution in [3.8, 4) is 10.8 Å². The molecule has 1 saturated carbocycles. The number of aryl methyl sites for hydroxylation is 2. The Morgan fingerprint density at radius 3 is 2.26 bits per heavy atom. The van der Waals surface area contributed by atoms with Crippen molar-refractivity contribution in [2.75, 3.05) is 86.0 Å². The van der Waals surface area contributed by atoms with Gasteiger partial charge in [-0.25, -0.2) is 0 Å². The van der Waals surface area contributed by atoms with E-state index in [9.17, 15) is 14.4 Å². The summed E-state index contributed by atoms with van der Waals surface area (Å²) in [6, 6.07) is 14.8. The van der Waals surface area contributed by atoms with E-state index in [0.29, 0.717) is 69.6 Å². The van der Waals surface area contributed by atoms with Gasteiger partial charge in [-0.3, -0.25) is 23.9 Å². The van der Waals surface area contributed by atoms with Gasteiger partial charge >= 0.3 is 0 Å². The Hall–Kier alpha value is -4.75. The lowest BCUT2D eigenvalue weighted by molar-refractivity contribution is -0.140. The van der Waals surface area contributed by atoms with E-state index in [1.807, 2.05) is 54.8 Å². The highest BCUT2D eigenvalue weighted by molar-refractivity contribution is 7.15. The number of likely N-dealkylation sites (N-methyl/N-ethyl adjacent to an activating group) is 1. The molecule has 0 spiro atoms. The van der Waals surface area contributed by atoms with Crippen LogP contribution < -0.4 is 20.7 Å². The maximum atomic E-state index is 14.2. The number of halogens is 1. The minimum atomic E-state index is -0.538. The first-order valence-electron chi connectivity index (χ1n) is 26.1. The van der Waals surface area contributed by atoms with Crippen LogP contribution in [0, 0.1) is 32.6 Å². The third-order valence-electron chi connectivity index (χ3n) is 14.9. The standard InChI is InChI=1S/C54H74ClN9O7S/c1-35-37(3)72-54-48(35)49(42-13-15-43(55)16-14-42)58-45(51-61-60-38(4)64(51)54)33-47(65)57-22-26-68-27-28-69-29-30-70-31-32-71-44-17-11-39(12-18-44)19-23-62-24-20-40-21-25-63(46(40)34-62)53(67)50(41-9-7-6-8-10-41)59-52(66)36(2)56-5/h11-18,36,40-41,45-46,50,56H,6-10,19-34H2,1-5H3,(H,57,65)(H,59,66)/t36-,40+,45-,46+,50-/m0/s1. The van der Waals surface area contributed by atoms with Crippen molar-refractivity contribution in [1.29, 1.82) is 0 Å². The Morgan fingerprint density at radius 2 is 1.54 bits per heavy atom. The van der Waals surface area contributed by atoms with E-state index in [2.05, 4.69) is 61.9 Å². The van der Waals surface area contributed by atoms with Crippen LogP contribution in [0.4, 0.5) is 0 Å². The third-order valence-corrected chi connectivity index (χ3v) is 16.4. The predicted molar refractivity (Wildman–Crippen MR) is 281 cm³/mol. The van der Waals surface area contributed by atoms with E-state index in [0.717, 1.165) is 110 Å². The summed E-state index contributed by atoms with van der Waals surface area (Å²) in [5, 5.41) is 19.7. The Bertz CT molecular complexity index is 2460. The first-order valence-corrected chi connectivity index (χ1v) is 27.3. The molecule has 390 valence electrons. The smallest absolute Gasteiger partial charge is 0.245 e. The van der Waals surface area contributed by atoms with Crippen LogP contribution in [0.2, 0.25) is 5.02 Å². The maximum absolute atomic E-state index is 14.2. The van der Waals surface area contributed by atoms with Crippen LogP contribution in [0.15, 0.2) is 53.5 Å². The fraction of sp³-hybridized carbons (Fsp3) is 0.593. The minimum absolute atomic E-state index is 0.0957. The van der Waals surface area contributed by atoms with Crippen LogP contribution in [0.1, 0.15) is 103 Å². The van der Waals surface area contributed by atoms with Crippen LogP contribution in [0.5, 0.6) is 5.75 Å². The fourth-order valence-electron chi connectivity index (χ4n) is 10.6. The molecule has 0 radical (unpaired) electrons. The van der Waals surface area contributed by atoms with Crippen molar-refractivity contribution in [3.63, 3.8) is 0 Å². The van der Waals surface area contributed by atoms with Crippen molar-refractivity contribution in [3.05, 3.63) is 92.3 Å². The summed E-state index contributed by atoms with van der Waals surface area (Å²) in [7, 11) is 1.78. The normalized spacial score (nSPS) is 19.9. The second-order valence-electron chi connectivity index (χ2n) is 19.7. The predicted octanol–water partition coefficient (Wildman–Crippen LogP) is 6.57. The van der Waals surface area contributed by atoms with Crippen molar-refractivity contribution in [2.45, 2.75) is 110 Å². The third kappa shape index (κ3) is 13.5. The van der Waals surface area contributed by atoms with E-state index in [4.69, 9.17) is 35.5 Å². The second-order valence-corrected chi connectivity index (χ2v) is 21.3. The number of ether oxygens (including phenoxy) is 4. The highest BCUT2D eigenvalue weighted by Gasteiger charge is 2.44. The number of aliphatic imine (C=N–C) groups is 1. The van der Waals surface area contributed by atoms with Crippen molar-refractivity contribution in [2.24, 2.45) is 16.8 Å². The Balaban J connectivity index is 0.676. The Morgan fingerprint density at radius 1 is 0.847 bits per heavy atom. The van der Waals surface area contributed by atoms with Crippen molar-refractivity contribution >= 4 is 46.4 Å². The molecular formula is C54H74ClN9O7S. The minimum Gasteiger partial charge on any atom is -0.491 e. The summed E-state index contributed by atoms with van der Waals surface area (Å²) in [4.78, 5) is 51.5. The lowest BCUT2D eigenvalue weighted by Crippen LogP contribution is -2.58. The second kappa shape index (κ2) is 26.0.